The van der Waals surface area contributed by atoms with Gasteiger partial charge in [-0.15, -0.1) is 0 Å². The molecule has 1 aromatic rings. The second-order valence-electron chi connectivity index (χ2n) is 5.94. The first-order chi connectivity index (χ1) is 7.55. The Labute approximate surface area is 99.3 Å². The number of nitrogens with one attached hydrogen (secondary N) is 1. The first kappa shape index (κ1) is 11.7. The predicted molar refractivity (Wildman–Crippen MR) is 69.9 cm³/mol. The molecule has 1 aromatic carbocycles. The number of hydrogen-bond acceptors (Lipinski definition) is 1. The molecule has 1 N–H and O–H groups in total. The molecule has 0 radical (unpaired) electrons. The molecule has 1 heterocycles. The van der Waals surface area contributed by atoms with Crippen LogP contribution in [0.3, 0.4) is 0 Å². The van der Waals surface area contributed by atoms with Crippen LogP contribution >= 0.6 is 0 Å². The summed E-state index contributed by atoms with van der Waals surface area (Å²) in [6.45, 7) is 7.99. The Kier molecular flexibility index (Phi) is 3.34. The lowest BCUT2D eigenvalue weighted by Crippen LogP contribution is -2.23. The smallest absolute Gasteiger partial charge is 0.0108 e. The fourth-order valence-electron chi connectivity index (χ4n) is 2.36. The van der Waals surface area contributed by atoms with Gasteiger partial charge in [-0.3, -0.25) is 0 Å². The van der Waals surface area contributed by atoms with Crippen molar-refractivity contribution in [3.8, 4) is 0 Å². The van der Waals surface area contributed by atoms with Gasteiger partial charge in [-0.05, 0) is 42.3 Å². The average Bonchev–Trinajstić information content (AvgIpc) is 2.70. The summed E-state index contributed by atoms with van der Waals surface area (Å²) in [6.07, 6.45) is 3.86. The van der Waals surface area contributed by atoms with Crippen molar-refractivity contribution in [3.05, 3.63) is 35.4 Å². The molecule has 1 atom stereocenters. The van der Waals surface area contributed by atoms with Crippen molar-refractivity contribution >= 4 is 0 Å². The summed E-state index contributed by atoms with van der Waals surface area (Å²) in [5.74, 6) is 0. The third-order valence-corrected chi connectivity index (χ3v) is 3.46. The maximum absolute atomic E-state index is 3.55. The minimum atomic E-state index is 0.268. The van der Waals surface area contributed by atoms with Crippen LogP contribution in [-0.2, 0) is 11.8 Å². The van der Waals surface area contributed by atoms with Crippen LogP contribution in [0.4, 0.5) is 0 Å². The maximum Gasteiger partial charge on any atom is 0.0108 e. The van der Waals surface area contributed by atoms with E-state index in [2.05, 4.69) is 50.4 Å². The van der Waals surface area contributed by atoms with Gasteiger partial charge in [0.1, 0.15) is 0 Å². The van der Waals surface area contributed by atoms with Crippen molar-refractivity contribution in [2.45, 2.75) is 51.5 Å². The van der Waals surface area contributed by atoms with Crippen LogP contribution in [0.5, 0.6) is 0 Å². The van der Waals surface area contributed by atoms with Gasteiger partial charge in [-0.1, -0.05) is 45.0 Å². The molecule has 0 amide bonds. The van der Waals surface area contributed by atoms with E-state index in [1.54, 1.807) is 0 Å². The minimum absolute atomic E-state index is 0.268. The Bertz CT molecular complexity index is 325. The van der Waals surface area contributed by atoms with Crippen molar-refractivity contribution in [2.24, 2.45) is 0 Å². The molecule has 1 nitrogen and oxygen atoms in total. The van der Waals surface area contributed by atoms with E-state index in [0.717, 1.165) is 0 Å². The fraction of sp³-hybridized carbons (Fsp3) is 0.600. The zero-order chi connectivity index (χ0) is 11.6. The molecule has 0 bridgehead atoms. The molecule has 1 heteroatoms. The average molecular weight is 217 g/mol. The van der Waals surface area contributed by atoms with Crippen LogP contribution in [-0.4, -0.2) is 12.6 Å². The molecule has 1 aliphatic heterocycles. The number of rotatable bonds is 2. The highest BCUT2D eigenvalue weighted by atomic mass is 14.9. The van der Waals surface area contributed by atoms with Crippen LogP contribution < -0.4 is 5.32 Å². The van der Waals surface area contributed by atoms with Gasteiger partial charge in [0.15, 0.2) is 0 Å². The second kappa shape index (κ2) is 4.58. The van der Waals surface area contributed by atoms with E-state index in [1.165, 1.54) is 36.9 Å². The highest BCUT2D eigenvalue weighted by Crippen LogP contribution is 2.23. The van der Waals surface area contributed by atoms with Crippen molar-refractivity contribution in [3.63, 3.8) is 0 Å². The minimum Gasteiger partial charge on any atom is -0.314 e. The van der Waals surface area contributed by atoms with E-state index in [-0.39, 0.29) is 5.41 Å². The van der Waals surface area contributed by atoms with Gasteiger partial charge in [0.2, 0.25) is 0 Å². The van der Waals surface area contributed by atoms with Crippen molar-refractivity contribution < 1.29 is 0 Å². The normalized spacial score (nSPS) is 21.3. The van der Waals surface area contributed by atoms with Crippen molar-refractivity contribution in [2.75, 3.05) is 6.54 Å². The fourth-order valence-corrected chi connectivity index (χ4v) is 2.36. The molecule has 1 saturated heterocycles. The molecule has 0 saturated carbocycles. The molecule has 0 aliphatic carbocycles. The van der Waals surface area contributed by atoms with Crippen LogP contribution in [0, 0.1) is 0 Å². The van der Waals surface area contributed by atoms with E-state index in [9.17, 15) is 0 Å². The SMILES string of the molecule is CC(C)(C)c1ccc(CC2CCCN2)cc1. The van der Waals surface area contributed by atoms with Gasteiger partial charge in [-0.25, -0.2) is 0 Å². The predicted octanol–water partition coefficient (Wildman–Crippen LogP) is 3.28. The largest absolute Gasteiger partial charge is 0.314 e. The van der Waals surface area contributed by atoms with Gasteiger partial charge < -0.3 is 5.32 Å². The van der Waals surface area contributed by atoms with Gasteiger partial charge >= 0.3 is 0 Å². The first-order valence-electron chi connectivity index (χ1n) is 6.38. The first-order valence-corrected chi connectivity index (χ1v) is 6.38. The van der Waals surface area contributed by atoms with E-state index in [0.29, 0.717) is 6.04 Å². The van der Waals surface area contributed by atoms with Crippen LogP contribution in [0.2, 0.25) is 0 Å². The van der Waals surface area contributed by atoms with E-state index in [1.807, 2.05) is 0 Å². The van der Waals surface area contributed by atoms with Gasteiger partial charge in [0, 0.05) is 6.04 Å². The Balaban J connectivity index is 2.01. The van der Waals surface area contributed by atoms with E-state index >= 15 is 0 Å². The molecular weight excluding hydrogens is 194 g/mol. The maximum atomic E-state index is 3.55. The van der Waals surface area contributed by atoms with E-state index < -0.39 is 0 Å². The second-order valence-corrected chi connectivity index (χ2v) is 5.94. The summed E-state index contributed by atoms with van der Waals surface area (Å²) in [7, 11) is 0. The summed E-state index contributed by atoms with van der Waals surface area (Å²) in [6, 6.07) is 9.86. The lowest BCUT2D eigenvalue weighted by molar-refractivity contribution is 0.586. The van der Waals surface area contributed by atoms with Crippen LogP contribution in [0.15, 0.2) is 24.3 Å². The molecular formula is C15H23N. The third-order valence-electron chi connectivity index (χ3n) is 3.46. The highest BCUT2D eigenvalue weighted by Gasteiger charge is 2.16. The molecule has 16 heavy (non-hydrogen) atoms. The standard InChI is InChI=1S/C15H23N/c1-15(2,3)13-8-6-12(7-9-13)11-14-5-4-10-16-14/h6-9,14,16H,4-5,10-11H2,1-3H3. The molecule has 1 aliphatic rings. The summed E-state index contributed by atoms with van der Waals surface area (Å²) < 4.78 is 0. The highest BCUT2D eigenvalue weighted by molar-refractivity contribution is 5.28. The van der Waals surface area contributed by atoms with E-state index in [4.69, 9.17) is 0 Å². The van der Waals surface area contributed by atoms with Gasteiger partial charge in [-0.2, -0.15) is 0 Å². The molecule has 2 rings (SSSR count). The molecule has 1 unspecified atom stereocenters. The summed E-state index contributed by atoms with van der Waals surface area (Å²) in [5.41, 5.74) is 3.16. The molecule has 0 spiro atoms. The summed E-state index contributed by atoms with van der Waals surface area (Å²) in [4.78, 5) is 0. The Morgan fingerprint density at radius 2 is 1.88 bits per heavy atom. The number of benzene rings is 1. The quantitative estimate of drug-likeness (QED) is 0.801. The monoisotopic (exact) mass is 217 g/mol. The molecule has 1 fully saturated rings. The van der Waals surface area contributed by atoms with Gasteiger partial charge in [0.05, 0.1) is 0 Å². The Morgan fingerprint density at radius 3 is 2.38 bits per heavy atom. The van der Waals surface area contributed by atoms with Crippen molar-refractivity contribution in [1.29, 1.82) is 0 Å². The number of hydrogen-bond donors (Lipinski definition) is 1. The zero-order valence-electron chi connectivity index (χ0n) is 10.7. The summed E-state index contributed by atoms with van der Waals surface area (Å²) >= 11 is 0. The molecule has 88 valence electrons. The third kappa shape index (κ3) is 2.85. The zero-order valence-corrected chi connectivity index (χ0v) is 10.7. The molecule has 0 aromatic heterocycles. The summed E-state index contributed by atoms with van der Waals surface area (Å²) in [5, 5.41) is 3.55. The Morgan fingerprint density at radius 1 is 1.19 bits per heavy atom. The van der Waals surface area contributed by atoms with Crippen molar-refractivity contribution in [1.82, 2.24) is 5.32 Å². The van der Waals surface area contributed by atoms with Gasteiger partial charge in [0.25, 0.3) is 0 Å². The van der Waals surface area contributed by atoms with Crippen LogP contribution in [0.25, 0.3) is 0 Å². The topological polar surface area (TPSA) is 12.0 Å². The lowest BCUT2D eigenvalue weighted by atomic mass is 9.86. The Hall–Kier alpha value is -0.820. The lowest BCUT2D eigenvalue weighted by Gasteiger charge is -2.19. The van der Waals surface area contributed by atoms with Crippen LogP contribution in [0.1, 0.15) is 44.7 Å².